The van der Waals surface area contributed by atoms with Crippen LogP contribution in [0.5, 0.6) is 0 Å². The average molecular weight is 298 g/mol. The molecule has 4 rings (SSSR count). The van der Waals surface area contributed by atoms with Crippen molar-refractivity contribution in [1.82, 2.24) is 10.3 Å². The van der Waals surface area contributed by atoms with E-state index >= 15 is 0 Å². The van der Waals surface area contributed by atoms with Gasteiger partial charge < -0.3 is 15.0 Å². The SMILES string of the molecule is O=C(NCC1CCCO1)C1CCc2[nH]c3ccccc3c2C1. The second-order valence-corrected chi connectivity index (χ2v) is 6.45. The van der Waals surface area contributed by atoms with Gasteiger partial charge in [0.05, 0.1) is 6.10 Å². The number of benzene rings is 1. The summed E-state index contributed by atoms with van der Waals surface area (Å²) < 4.78 is 5.57. The number of fused-ring (bicyclic) bond motifs is 3. The lowest BCUT2D eigenvalue weighted by atomic mass is 9.86. The molecule has 1 aliphatic heterocycles. The van der Waals surface area contributed by atoms with Crippen molar-refractivity contribution in [3.8, 4) is 0 Å². The van der Waals surface area contributed by atoms with Gasteiger partial charge in [-0.25, -0.2) is 0 Å². The number of hydrogen-bond acceptors (Lipinski definition) is 2. The molecule has 2 aliphatic rings. The molecule has 0 spiro atoms. The zero-order valence-corrected chi connectivity index (χ0v) is 12.7. The highest BCUT2D eigenvalue weighted by Crippen LogP contribution is 2.31. The highest BCUT2D eigenvalue weighted by molar-refractivity contribution is 5.87. The van der Waals surface area contributed by atoms with Gasteiger partial charge >= 0.3 is 0 Å². The number of amides is 1. The third-order valence-electron chi connectivity index (χ3n) is 4.99. The molecule has 2 aromatic rings. The lowest BCUT2D eigenvalue weighted by Crippen LogP contribution is -2.38. The molecule has 4 heteroatoms. The van der Waals surface area contributed by atoms with Crippen LogP contribution >= 0.6 is 0 Å². The molecule has 1 aliphatic carbocycles. The second kappa shape index (κ2) is 5.76. The maximum absolute atomic E-state index is 12.4. The predicted octanol–water partition coefficient (Wildman–Crippen LogP) is 2.57. The number of carbonyl (C=O) groups is 1. The molecule has 2 heterocycles. The maximum Gasteiger partial charge on any atom is 0.223 e. The molecular weight excluding hydrogens is 276 g/mol. The molecular formula is C18H22N2O2. The van der Waals surface area contributed by atoms with Crippen LogP contribution in [0.25, 0.3) is 10.9 Å². The van der Waals surface area contributed by atoms with Gasteiger partial charge in [0, 0.05) is 35.7 Å². The summed E-state index contributed by atoms with van der Waals surface area (Å²) in [7, 11) is 0. The summed E-state index contributed by atoms with van der Waals surface area (Å²) in [4.78, 5) is 15.9. The van der Waals surface area contributed by atoms with Gasteiger partial charge in [-0.2, -0.15) is 0 Å². The Kier molecular flexibility index (Phi) is 3.62. The normalized spacial score (nSPS) is 24.4. The lowest BCUT2D eigenvalue weighted by molar-refractivity contribution is -0.125. The minimum Gasteiger partial charge on any atom is -0.376 e. The lowest BCUT2D eigenvalue weighted by Gasteiger charge is -2.22. The van der Waals surface area contributed by atoms with Crippen LogP contribution in [0, 0.1) is 5.92 Å². The third-order valence-corrected chi connectivity index (χ3v) is 4.99. The van der Waals surface area contributed by atoms with Crippen molar-refractivity contribution < 1.29 is 9.53 Å². The molecule has 0 saturated carbocycles. The van der Waals surface area contributed by atoms with Gasteiger partial charge in [0.2, 0.25) is 5.91 Å². The highest BCUT2D eigenvalue weighted by atomic mass is 16.5. The molecule has 1 saturated heterocycles. The molecule has 2 N–H and O–H groups in total. The first-order chi connectivity index (χ1) is 10.8. The number of ether oxygens (including phenoxy) is 1. The number of hydrogen-bond donors (Lipinski definition) is 2. The van der Waals surface area contributed by atoms with Crippen LogP contribution in [-0.2, 0) is 22.4 Å². The van der Waals surface area contributed by atoms with Crippen molar-refractivity contribution in [1.29, 1.82) is 0 Å². The Hall–Kier alpha value is -1.81. The molecule has 1 aromatic carbocycles. The number of para-hydroxylation sites is 1. The summed E-state index contributed by atoms with van der Waals surface area (Å²) in [5, 5.41) is 4.36. The molecule has 4 nitrogen and oxygen atoms in total. The van der Waals surface area contributed by atoms with Gasteiger partial charge in [-0.3, -0.25) is 4.79 Å². The summed E-state index contributed by atoms with van der Waals surface area (Å²) in [5.74, 6) is 0.277. The maximum atomic E-state index is 12.4. The fourth-order valence-electron chi connectivity index (χ4n) is 3.76. The quantitative estimate of drug-likeness (QED) is 0.915. The summed E-state index contributed by atoms with van der Waals surface area (Å²) in [5.41, 5.74) is 3.83. The molecule has 2 atom stereocenters. The number of aryl methyl sites for hydroxylation is 1. The predicted molar refractivity (Wildman–Crippen MR) is 85.8 cm³/mol. The van der Waals surface area contributed by atoms with E-state index in [4.69, 9.17) is 4.74 Å². The summed E-state index contributed by atoms with van der Waals surface area (Å²) >= 11 is 0. The fraction of sp³-hybridized carbons (Fsp3) is 0.500. The van der Waals surface area contributed by atoms with Crippen molar-refractivity contribution in [3.63, 3.8) is 0 Å². The first-order valence-corrected chi connectivity index (χ1v) is 8.29. The Morgan fingerprint density at radius 3 is 3.09 bits per heavy atom. The van der Waals surface area contributed by atoms with Crippen LogP contribution in [0.1, 0.15) is 30.5 Å². The second-order valence-electron chi connectivity index (χ2n) is 6.45. The van der Waals surface area contributed by atoms with Crippen molar-refractivity contribution in [2.75, 3.05) is 13.2 Å². The van der Waals surface area contributed by atoms with Gasteiger partial charge in [0.1, 0.15) is 0 Å². The summed E-state index contributed by atoms with van der Waals surface area (Å²) in [6.45, 7) is 1.50. The Balaban J connectivity index is 1.45. The number of H-pyrrole nitrogens is 1. The van der Waals surface area contributed by atoms with Gasteiger partial charge in [-0.15, -0.1) is 0 Å². The zero-order valence-electron chi connectivity index (χ0n) is 12.7. The highest BCUT2D eigenvalue weighted by Gasteiger charge is 2.27. The van der Waals surface area contributed by atoms with E-state index in [0.717, 1.165) is 38.7 Å². The first kappa shape index (κ1) is 13.8. The van der Waals surface area contributed by atoms with Crippen LogP contribution < -0.4 is 5.32 Å². The van der Waals surface area contributed by atoms with Gasteiger partial charge in [-0.1, -0.05) is 18.2 Å². The van der Waals surface area contributed by atoms with E-state index in [1.54, 1.807) is 0 Å². The van der Waals surface area contributed by atoms with E-state index in [-0.39, 0.29) is 17.9 Å². The molecule has 0 radical (unpaired) electrons. The molecule has 116 valence electrons. The largest absolute Gasteiger partial charge is 0.376 e. The van der Waals surface area contributed by atoms with Gasteiger partial charge in [0.25, 0.3) is 0 Å². The number of aromatic amines is 1. The van der Waals surface area contributed by atoms with Crippen LogP contribution in [0.3, 0.4) is 0 Å². The van der Waals surface area contributed by atoms with E-state index in [1.165, 1.54) is 22.2 Å². The topological polar surface area (TPSA) is 54.1 Å². The number of nitrogens with one attached hydrogen (secondary N) is 2. The minimum absolute atomic E-state index is 0.0908. The number of rotatable bonds is 3. The number of aromatic nitrogens is 1. The third kappa shape index (κ3) is 2.52. The Morgan fingerprint density at radius 1 is 1.32 bits per heavy atom. The molecule has 1 fully saturated rings. The van der Waals surface area contributed by atoms with Crippen molar-refractivity contribution in [2.24, 2.45) is 5.92 Å². The van der Waals surface area contributed by atoms with Crippen LogP contribution in [-0.4, -0.2) is 30.1 Å². The first-order valence-electron chi connectivity index (χ1n) is 8.29. The van der Waals surface area contributed by atoms with E-state index < -0.39 is 0 Å². The van der Waals surface area contributed by atoms with Crippen LogP contribution in [0.15, 0.2) is 24.3 Å². The van der Waals surface area contributed by atoms with Crippen LogP contribution in [0.4, 0.5) is 0 Å². The van der Waals surface area contributed by atoms with E-state index in [1.807, 2.05) is 0 Å². The Morgan fingerprint density at radius 2 is 2.23 bits per heavy atom. The van der Waals surface area contributed by atoms with Crippen molar-refractivity contribution in [3.05, 3.63) is 35.5 Å². The van der Waals surface area contributed by atoms with Crippen molar-refractivity contribution >= 4 is 16.8 Å². The zero-order chi connectivity index (χ0) is 14.9. The monoisotopic (exact) mass is 298 g/mol. The van der Waals surface area contributed by atoms with Gasteiger partial charge in [0.15, 0.2) is 0 Å². The molecule has 0 bridgehead atoms. The fourth-order valence-corrected chi connectivity index (χ4v) is 3.76. The van der Waals surface area contributed by atoms with E-state index in [2.05, 4.69) is 34.6 Å². The summed E-state index contributed by atoms with van der Waals surface area (Å²) in [6.07, 6.45) is 5.13. The van der Waals surface area contributed by atoms with E-state index in [0.29, 0.717) is 6.54 Å². The Labute approximate surface area is 130 Å². The smallest absolute Gasteiger partial charge is 0.223 e. The standard InChI is InChI=1S/C18H22N2O2/c21-18(19-11-13-4-3-9-22-13)12-7-8-17-15(10-12)14-5-1-2-6-16(14)20-17/h1-2,5-6,12-13,20H,3-4,7-11H2,(H,19,21). The minimum atomic E-state index is 0.0908. The molecule has 22 heavy (non-hydrogen) atoms. The number of carbonyl (C=O) groups excluding carboxylic acids is 1. The Bertz CT molecular complexity index is 685. The van der Waals surface area contributed by atoms with Crippen molar-refractivity contribution in [2.45, 2.75) is 38.2 Å². The average Bonchev–Trinajstić information content (AvgIpc) is 3.19. The molecule has 1 aromatic heterocycles. The summed E-state index contributed by atoms with van der Waals surface area (Å²) in [6, 6.07) is 8.38. The van der Waals surface area contributed by atoms with Crippen LogP contribution in [0.2, 0.25) is 0 Å². The van der Waals surface area contributed by atoms with E-state index in [9.17, 15) is 4.79 Å². The molecule has 2 unspecified atom stereocenters. The van der Waals surface area contributed by atoms with Gasteiger partial charge in [-0.05, 0) is 43.7 Å². The molecule has 1 amide bonds.